The maximum Gasteiger partial charge on any atom is 0.137 e. The van der Waals surface area contributed by atoms with Crippen LogP contribution >= 0.6 is 0 Å². The van der Waals surface area contributed by atoms with Crippen LogP contribution in [0.25, 0.3) is 0 Å². The maximum absolute atomic E-state index is 10.1. The van der Waals surface area contributed by atoms with Gasteiger partial charge in [-0.2, -0.15) is 0 Å². The second-order valence-corrected chi connectivity index (χ2v) is 7.41. The molecule has 2 unspecified atom stereocenters. The van der Waals surface area contributed by atoms with Crippen molar-refractivity contribution in [1.82, 2.24) is 0 Å². The van der Waals surface area contributed by atoms with Gasteiger partial charge in [0.05, 0.1) is 0 Å². The number of quaternary nitrogens is 1. The maximum atomic E-state index is 10.1. The van der Waals surface area contributed by atoms with Crippen molar-refractivity contribution >= 4 is 0 Å². The number of aliphatic hydroxyl groups is 1. The van der Waals surface area contributed by atoms with E-state index < -0.39 is 6.10 Å². The van der Waals surface area contributed by atoms with Crippen molar-refractivity contribution in [3.05, 3.63) is 65.7 Å². The largest absolute Gasteiger partial charge is 0.491 e. The van der Waals surface area contributed by atoms with E-state index in [0.29, 0.717) is 19.2 Å². The topological polar surface area (TPSA) is 46.1 Å². The molecule has 0 heterocycles. The molecule has 3 N–H and O–H groups in total. The van der Waals surface area contributed by atoms with Crippen LogP contribution in [0.2, 0.25) is 0 Å². The molecule has 0 aliphatic rings. The Balaban J connectivity index is 1.76. The first kappa shape index (κ1) is 18.5. The van der Waals surface area contributed by atoms with Crippen molar-refractivity contribution in [3.63, 3.8) is 0 Å². The molecular formula is C21H30NO2+. The normalized spacial score (nSPS) is 14.2. The highest BCUT2D eigenvalue weighted by atomic mass is 16.5. The molecule has 2 atom stereocenters. The number of hydrogen-bond acceptors (Lipinski definition) is 2. The minimum Gasteiger partial charge on any atom is -0.491 e. The van der Waals surface area contributed by atoms with Gasteiger partial charge in [-0.15, -0.1) is 0 Å². The van der Waals surface area contributed by atoms with Crippen molar-refractivity contribution < 1.29 is 15.2 Å². The Kier molecular flexibility index (Phi) is 6.41. The predicted octanol–water partition coefficient (Wildman–Crippen LogP) is 3.05. The van der Waals surface area contributed by atoms with Crippen LogP contribution in [-0.2, 0) is 5.41 Å². The van der Waals surface area contributed by atoms with Gasteiger partial charge in [-0.25, -0.2) is 0 Å². The summed E-state index contributed by atoms with van der Waals surface area (Å²) in [5.41, 5.74) is 2.68. The first-order chi connectivity index (χ1) is 11.4. The molecule has 130 valence electrons. The van der Waals surface area contributed by atoms with Gasteiger partial charge in [-0.3, -0.25) is 0 Å². The molecule has 0 aromatic heterocycles. The second kappa shape index (κ2) is 8.32. The van der Waals surface area contributed by atoms with E-state index in [9.17, 15) is 5.11 Å². The number of benzene rings is 2. The zero-order chi connectivity index (χ0) is 17.6. The molecule has 0 aliphatic heterocycles. The van der Waals surface area contributed by atoms with E-state index >= 15 is 0 Å². The Hall–Kier alpha value is -1.84. The van der Waals surface area contributed by atoms with Crippen molar-refractivity contribution in [2.45, 2.75) is 45.3 Å². The molecule has 0 bridgehead atoms. The molecule has 2 aromatic carbocycles. The number of rotatable bonds is 7. The molecular weight excluding hydrogens is 298 g/mol. The lowest BCUT2D eigenvalue weighted by Crippen LogP contribution is -2.87. The highest BCUT2D eigenvalue weighted by Gasteiger charge is 2.14. The van der Waals surface area contributed by atoms with Gasteiger partial charge in [0, 0.05) is 5.56 Å². The fourth-order valence-electron chi connectivity index (χ4n) is 2.57. The average molecular weight is 328 g/mol. The summed E-state index contributed by atoms with van der Waals surface area (Å²) in [6, 6.07) is 18.8. The summed E-state index contributed by atoms with van der Waals surface area (Å²) in [6.07, 6.45) is -0.488. The van der Waals surface area contributed by atoms with E-state index in [2.05, 4.69) is 57.3 Å². The number of nitrogens with two attached hydrogens (primary N) is 1. The third-order valence-corrected chi connectivity index (χ3v) is 4.25. The molecule has 2 rings (SSSR count). The van der Waals surface area contributed by atoms with Crippen molar-refractivity contribution in [3.8, 4) is 5.75 Å². The zero-order valence-corrected chi connectivity index (χ0v) is 15.2. The van der Waals surface area contributed by atoms with Gasteiger partial charge in [-0.1, -0.05) is 63.2 Å². The molecule has 0 saturated heterocycles. The Morgan fingerprint density at radius 1 is 1.00 bits per heavy atom. The zero-order valence-electron chi connectivity index (χ0n) is 15.2. The molecule has 0 spiro atoms. The van der Waals surface area contributed by atoms with E-state index in [1.807, 2.05) is 30.3 Å². The van der Waals surface area contributed by atoms with Crippen LogP contribution in [0.5, 0.6) is 5.75 Å². The third kappa shape index (κ3) is 5.66. The fraction of sp³-hybridized carbons (Fsp3) is 0.429. The highest BCUT2D eigenvalue weighted by molar-refractivity contribution is 5.31. The van der Waals surface area contributed by atoms with Crippen LogP contribution in [-0.4, -0.2) is 24.4 Å². The SMILES string of the molecule is CC([NH2+]CC(O)COc1ccc(C(C)(C)C)cc1)c1ccccc1. The molecule has 0 fully saturated rings. The lowest BCUT2D eigenvalue weighted by Gasteiger charge is -2.19. The third-order valence-electron chi connectivity index (χ3n) is 4.25. The summed E-state index contributed by atoms with van der Waals surface area (Å²) >= 11 is 0. The van der Waals surface area contributed by atoms with Gasteiger partial charge in [0.25, 0.3) is 0 Å². The van der Waals surface area contributed by atoms with E-state index in [1.165, 1.54) is 11.1 Å². The minimum absolute atomic E-state index is 0.139. The van der Waals surface area contributed by atoms with Crippen LogP contribution in [0.4, 0.5) is 0 Å². The molecule has 3 heteroatoms. The van der Waals surface area contributed by atoms with Gasteiger partial charge in [-0.05, 0) is 30.0 Å². The van der Waals surface area contributed by atoms with Gasteiger partial charge in [0.2, 0.25) is 0 Å². The molecule has 0 aliphatic carbocycles. The lowest BCUT2D eigenvalue weighted by atomic mass is 9.87. The Labute approximate surface area is 145 Å². The summed E-state index contributed by atoms with van der Waals surface area (Å²) in [6.45, 7) is 9.65. The predicted molar refractivity (Wildman–Crippen MR) is 98.3 cm³/mol. The standard InChI is InChI=1S/C21H29NO2/c1-16(17-8-6-5-7-9-17)22-14-19(23)15-24-20-12-10-18(11-13-20)21(2,3)4/h5-13,16,19,22-23H,14-15H2,1-4H3/p+1. The van der Waals surface area contributed by atoms with Crippen LogP contribution in [0.3, 0.4) is 0 Å². The fourth-order valence-corrected chi connectivity index (χ4v) is 2.57. The summed E-state index contributed by atoms with van der Waals surface area (Å²) in [7, 11) is 0. The molecule has 0 amide bonds. The summed E-state index contributed by atoms with van der Waals surface area (Å²) in [5.74, 6) is 0.804. The quantitative estimate of drug-likeness (QED) is 0.820. The smallest absolute Gasteiger partial charge is 0.137 e. The average Bonchev–Trinajstić information content (AvgIpc) is 2.58. The van der Waals surface area contributed by atoms with Crippen molar-refractivity contribution in [1.29, 1.82) is 0 Å². The second-order valence-electron chi connectivity index (χ2n) is 7.41. The van der Waals surface area contributed by atoms with E-state index in [-0.39, 0.29) is 5.41 Å². The highest BCUT2D eigenvalue weighted by Crippen LogP contribution is 2.24. The molecule has 0 saturated carbocycles. The lowest BCUT2D eigenvalue weighted by molar-refractivity contribution is -0.698. The van der Waals surface area contributed by atoms with Gasteiger partial charge >= 0.3 is 0 Å². The van der Waals surface area contributed by atoms with Gasteiger partial charge in [0.15, 0.2) is 0 Å². The molecule has 0 radical (unpaired) electrons. The number of aliphatic hydroxyl groups excluding tert-OH is 1. The summed E-state index contributed by atoms with van der Waals surface area (Å²) in [5, 5.41) is 12.3. The van der Waals surface area contributed by atoms with Crippen LogP contribution < -0.4 is 10.1 Å². The minimum atomic E-state index is -0.488. The van der Waals surface area contributed by atoms with Gasteiger partial charge in [0.1, 0.15) is 31.0 Å². The number of ether oxygens (including phenoxy) is 1. The van der Waals surface area contributed by atoms with E-state index in [4.69, 9.17) is 4.74 Å². The summed E-state index contributed by atoms with van der Waals surface area (Å²) in [4.78, 5) is 0. The molecule has 3 nitrogen and oxygen atoms in total. The van der Waals surface area contributed by atoms with Gasteiger partial charge < -0.3 is 15.2 Å². The first-order valence-corrected chi connectivity index (χ1v) is 8.66. The van der Waals surface area contributed by atoms with Crippen LogP contribution in [0.1, 0.15) is 44.9 Å². The Morgan fingerprint density at radius 2 is 1.62 bits per heavy atom. The Morgan fingerprint density at radius 3 is 2.21 bits per heavy atom. The van der Waals surface area contributed by atoms with Crippen molar-refractivity contribution in [2.24, 2.45) is 0 Å². The number of hydrogen-bond donors (Lipinski definition) is 2. The van der Waals surface area contributed by atoms with Crippen molar-refractivity contribution in [2.75, 3.05) is 13.2 Å². The monoisotopic (exact) mass is 328 g/mol. The first-order valence-electron chi connectivity index (χ1n) is 8.66. The summed E-state index contributed by atoms with van der Waals surface area (Å²) < 4.78 is 5.70. The van der Waals surface area contributed by atoms with E-state index in [1.54, 1.807) is 0 Å². The van der Waals surface area contributed by atoms with Crippen LogP contribution in [0.15, 0.2) is 54.6 Å². The Bertz CT molecular complexity index is 602. The van der Waals surface area contributed by atoms with Crippen LogP contribution in [0, 0.1) is 0 Å². The molecule has 2 aromatic rings. The van der Waals surface area contributed by atoms with E-state index in [0.717, 1.165) is 5.75 Å². The molecule has 24 heavy (non-hydrogen) atoms.